The zero-order valence-electron chi connectivity index (χ0n) is 15.1. The Morgan fingerprint density at radius 1 is 1.31 bits per heavy atom. The highest BCUT2D eigenvalue weighted by atomic mass is 127. The topological polar surface area (TPSA) is 54.7 Å². The van der Waals surface area contributed by atoms with E-state index < -0.39 is 0 Å². The molecule has 0 aliphatic carbocycles. The molecule has 4 rings (SSSR count). The number of aromatic nitrogens is 2. The molecule has 2 aliphatic heterocycles. The summed E-state index contributed by atoms with van der Waals surface area (Å²) in [5, 5.41) is 7.88. The third-order valence-corrected chi connectivity index (χ3v) is 5.31. The predicted octanol–water partition coefficient (Wildman–Crippen LogP) is 2.68. The molecule has 140 valence electrons. The minimum atomic E-state index is 0. The zero-order valence-corrected chi connectivity index (χ0v) is 17.4. The lowest BCUT2D eigenvalue weighted by atomic mass is 9.87. The van der Waals surface area contributed by atoms with Crippen molar-refractivity contribution in [2.75, 3.05) is 33.4 Å². The molecular formula is C19H26IN5O. The first-order valence-corrected chi connectivity index (χ1v) is 8.91. The summed E-state index contributed by atoms with van der Waals surface area (Å²) in [7, 11) is 1.86. The minimum Gasteiger partial charge on any atom is -0.381 e. The molecule has 0 amide bonds. The van der Waals surface area contributed by atoms with Gasteiger partial charge in [0.15, 0.2) is 5.96 Å². The fourth-order valence-corrected chi connectivity index (χ4v) is 3.89. The molecule has 0 saturated carbocycles. The molecule has 2 aliphatic rings. The number of likely N-dealkylation sites (tertiary alicyclic amines) is 1. The maximum Gasteiger partial charge on any atom is 0.193 e. The van der Waals surface area contributed by atoms with Gasteiger partial charge in [0, 0.05) is 51.1 Å². The number of para-hydroxylation sites is 1. The van der Waals surface area contributed by atoms with Gasteiger partial charge in [-0.3, -0.25) is 4.99 Å². The van der Waals surface area contributed by atoms with E-state index in [1.807, 2.05) is 30.1 Å². The smallest absolute Gasteiger partial charge is 0.193 e. The number of hydrogen-bond acceptors (Lipinski definition) is 3. The average Bonchev–Trinajstić information content (AvgIpc) is 3.40. The molecule has 1 aromatic heterocycles. The monoisotopic (exact) mass is 467 g/mol. The molecule has 6 nitrogen and oxygen atoms in total. The number of aliphatic imine (C=N–C) groups is 1. The van der Waals surface area contributed by atoms with Crippen LogP contribution in [0.3, 0.4) is 0 Å². The standard InChI is InChI=1S/C19H25N5O.HI/c1-20-18(23-11-7-19(14-23)8-12-25-15-19)21-13-16-5-2-3-6-17(16)24-10-4-9-22-24;/h2-6,9-10H,7-8,11-15H2,1H3,(H,20,21);1H. The first kappa shape index (κ1) is 19.2. The number of rotatable bonds is 3. The van der Waals surface area contributed by atoms with Crippen molar-refractivity contribution in [2.24, 2.45) is 10.4 Å². The van der Waals surface area contributed by atoms with Gasteiger partial charge in [0.2, 0.25) is 0 Å². The van der Waals surface area contributed by atoms with E-state index in [0.29, 0.717) is 5.41 Å². The second kappa shape index (κ2) is 8.39. The van der Waals surface area contributed by atoms with Crippen molar-refractivity contribution in [3.63, 3.8) is 0 Å². The van der Waals surface area contributed by atoms with E-state index in [2.05, 4.69) is 38.5 Å². The van der Waals surface area contributed by atoms with Crippen molar-refractivity contribution >= 4 is 29.9 Å². The van der Waals surface area contributed by atoms with Crippen LogP contribution < -0.4 is 5.32 Å². The lowest BCUT2D eigenvalue weighted by Crippen LogP contribution is -2.41. The molecule has 2 saturated heterocycles. The molecule has 2 fully saturated rings. The van der Waals surface area contributed by atoms with E-state index >= 15 is 0 Å². The molecule has 0 radical (unpaired) electrons. The van der Waals surface area contributed by atoms with E-state index in [4.69, 9.17) is 4.74 Å². The van der Waals surface area contributed by atoms with Crippen LogP contribution in [-0.4, -0.2) is 54.0 Å². The first-order valence-electron chi connectivity index (χ1n) is 8.91. The molecule has 3 heterocycles. The van der Waals surface area contributed by atoms with E-state index in [1.165, 1.54) is 18.4 Å². The molecule has 0 bridgehead atoms. The van der Waals surface area contributed by atoms with Gasteiger partial charge in [0.25, 0.3) is 0 Å². The largest absolute Gasteiger partial charge is 0.381 e. The van der Waals surface area contributed by atoms with Crippen LogP contribution in [0.1, 0.15) is 18.4 Å². The van der Waals surface area contributed by atoms with Crippen molar-refractivity contribution in [3.05, 3.63) is 48.3 Å². The summed E-state index contributed by atoms with van der Waals surface area (Å²) >= 11 is 0. The van der Waals surface area contributed by atoms with Gasteiger partial charge in [-0.2, -0.15) is 5.10 Å². The highest BCUT2D eigenvalue weighted by Gasteiger charge is 2.42. The van der Waals surface area contributed by atoms with Crippen molar-refractivity contribution in [1.29, 1.82) is 0 Å². The van der Waals surface area contributed by atoms with Gasteiger partial charge in [-0.05, 0) is 30.5 Å². The van der Waals surface area contributed by atoms with Crippen molar-refractivity contribution in [2.45, 2.75) is 19.4 Å². The number of nitrogens with zero attached hydrogens (tertiary/aromatic N) is 4. The van der Waals surface area contributed by atoms with E-state index in [0.717, 1.165) is 44.5 Å². The summed E-state index contributed by atoms with van der Waals surface area (Å²) in [6.07, 6.45) is 6.13. The van der Waals surface area contributed by atoms with E-state index in [9.17, 15) is 0 Å². The molecule has 26 heavy (non-hydrogen) atoms. The SMILES string of the molecule is CN=C(NCc1ccccc1-n1cccn1)N1CCC2(CCOC2)C1.I. The van der Waals surface area contributed by atoms with E-state index in [1.54, 1.807) is 6.20 Å². The molecule has 1 spiro atoms. The highest BCUT2D eigenvalue weighted by Crippen LogP contribution is 2.38. The molecule has 1 unspecified atom stereocenters. The normalized spacial score (nSPS) is 22.7. The van der Waals surface area contributed by atoms with Crippen LogP contribution in [0.25, 0.3) is 5.69 Å². The maximum atomic E-state index is 5.63. The summed E-state index contributed by atoms with van der Waals surface area (Å²) in [6.45, 7) is 4.60. The van der Waals surface area contributed by atoms with Gasteiger partial charge >= 0.3 is 0 Å². The molecule has 2 aromatic rings. The minimum absolute atomic E-state index is 0. The Bertz CT molecular complexity index is 740. The highest BCUT2D eigenvalue weighted by molar-refractivity contribution is 14.0. The van der Waals surface area contributed by atoms with Crippen LogP contribution in [0, 0.1) is 5.41 Å². The van der Waals surface area contributed by atoms with Crippen LogP contribution in [0.4, 0.5) is 0 Å². The van der Waals surface area contributed by atoms with Crippen LogP contribution in [0.15, 0.2) is 47.7 Å². The van der Waals surface area contributed by atoms with Gasteiger partial charge in [0.05, 0.1) is 12.3 Å². The summed E-state index contributed by atoms with van der Waals surface area (Å²) in [4.78, 5) is 6.87. The van der Waals surface area contributed by atoms with Crippen LogP contribution >= 0.6 is 24.0 Å². The average molecular weight is 467 g/mol. The predicted molar refractivity (Wildman–Crippen MR) is 113 cm³/mol. The Balaban J connectivity index is 0.00000196. The van der Waals surface area contributed by atoms with Crippen molar-refractivity contribution in [1.82, 2.24) is 20.0 Å². The second-order valence-corrected chi connectivity index (χ2v) is 6.95. The summed E-state index contributed by atoms with van der Waals surface area (Å²) < 4.78 is 7.54. The van der Waals surface area contributed by atoms with Crippen LogP contribution in [-0.2, 0) is 11.3 Å². The Morgan fingerprint density at radius 2 is 2.19 bits per heavy atom. The fourth-order valence-electron chi connectivity index (χ4n) is 3.89. The number of nitrogens with one attached hydrogen (secondary N) is 1. The van der Waals surface area contributed by atoms with Gasteiger partial charge in [-0.15, -0.1) is 24.0 Å². The maximum absolute atomic E-state index is 5.63. The Morgan fingerprint density at radius 3 is 2.92 bits per heavy atom. The van der Waals surface area contributed by atoms with E-state index in [-0.39, 0.29) is 24.0 Å². The fraction of sp³-hybridized carbons (Fsp3) is 0.474. The third-order valence-electron chi connectivity index (χ3n) is 5.31. The van der Waals surface area contributed by atoms with Gasteiger partial charge in [-0.1, -0.05) is 18.2 Å². The van der Waals surface area contributed by atoms with Crippen molar-refractivity contribution < 1.29 is 4.74 Å². The number of benzene rings is 1. The van der Waals surface area contributed by atoms with Gasteiger partial charge < -0.3 is 15.0 Å². The van der Waals surface area contributed by atoms with Crippen LogP contribution in [0.5, 0.6) is 0 Å². The second-order valence-electron chi connectivity index (χ2n) is 6.95. The molecular weight excluding hydrogens is 441 g/mol. The first-order chi connectivity index (χ1) is 12.3. The molecule has 7 heteroatoms. The van der Waals surface area contributed by atoms with Crippen LogP contribution in [0.2, 0.25) is 0 Å². The third kappa shape index (κ3) is 3.88. The summed E-state index contributed by atoms with van der Waals surface area (Å²) in [5.74, 6) is 0.971. The number of guanidine groups is 1. The van der Waals surface area contributed by atoms with Crippen molar-refractivity contribution in [3.8, 4) is 5.69 Å². The zero-order chi connectivity index (χ0) is 17.1. The molecule has 1 aromatic carbocycles. The van der Waals surface area contributed by atoms with Gasteiger partial charge in [0.1, 0.15) is 0 Å². The lowest BCUT2D eigenvalue weighted by molar-refractivity contribution is 0.156. The Hall–Kier alpha value is -1.61. The molecule has 1 N–H and O–H groups in total. The lowest BCUT2D eigenvalue weighted by Gasteiger charge is -2.25. The Kier molecular flexibility index (Phi) is 6.18. The van der Waals surface area contributed by atoms with Gasteiger partial charge in [-0.25, -0.2) is 4.68 Å². The molecule has 1 atom stereocenters. The number of ether oxygens (including phenoxy) is 1. The number of halogens is 1. The Labute approximate surface area is 171 Å². The number of hydrogen-bond donors (Lipinski definition) is 1. The quantitative estimate of drug-likeness (QED) is 0.429. The summed E-state index contributed by atoms with van der Waals surface area (Å²) in [6, 6.07) is 10.3. The summed E-state index contributed by atoms with van der Waals surface area (Å²) in [5.41, 5.74) is 2.63.